The quantitative estimate of drug-likeness (QED) is 0.445. The van der Waals surface area contributed by atoms with Crippen molar-refractivity contribution in [2.75, 3.05) is 26.5 Å². The molecule has 0 fully saturated rings. The Morgan fingerprint density at radius 1 is 0.941 bits per heavy atom. The predicted molar refractivity (Wildman–Crippen MR) is 62.6 cm³/mol. The maximum absolute atomic E-state index is 10.2. The van der Waals surface area contributed by atoms with E-state index in [9.17, 15) is 19.2 Å². The first-order valence-corrected chi connectivity index (χ1v) is 7.01. The number of rotatable bonds is 6. The number of carbonyl (C=O) groups is 2. The Bertz CT molecular complexity index is 212. The number of hydrogen-bond acceptors (Lipinski definition) is 6. The third-order valence-corrected chi connectivity index (χ3v) is 2.04. The van der Waals surface area contributed by atoms with E-state index < -0.39 is 0 Å². The van der Waals surface area contributed by atoms with Crippen molar-refractivity contribution in [3.63, 3.8) is 0 Å². The van der Waals surface area contributed by atoms with Gasteiger partial charge in [-0.3, -0.25) is 0 Å². The molecule has 2 unspecified atom stereocenters. The van der Waals surface area contributed by atoms with Gasteiger partial charge in [0.25, 0.3) is 0 Å². The second-order valence-corrected chi connectivity index (χ2v) is 3.76. The summed E-state index contributed by atoms with van der Waals surface area (Å²) in [4.78, 5) is 39.2. The van der Waals surface area contributed by atoms with Crippen LogP contribution in [0.2, 0.25) is 0 Å². The molecule has 96 valence electrons. The summed E-state index contributed by atoms with van der Waals surface area (Å²) in [7, 11) is 0.203. The molecule has 0 aliphatic rings. The van der Waals surface area contributed by atoms with Gasteiger partial charge in [-0.05, 0) is 43.7 Å². The molecule has 0 rings (SSSR count). The Balaban J connectivity index is -0.000000218. The van der Waals surface area contributed by atoms with Gasteiger partial charge in [-0.25, -0.2) is 22.2 Å². The van der Waals surface area contributed by atoms with Crippen molar-refractivity contribution < 1.29 is 49.7 Å². The molecule has 0 aliphatic carbocycles. The van der Waals surface area contributed by atoms with Crippen LogP contribution in [-0.2, 0) is 40.1 Å². The fraction of sp³-hybridized carbons (Fsp3) is 0.500. The molecule has 0 radical (unpaired) electrons. The van der Waals surface area contributed by atoms with Crippen molar-refractivity contribution in [3.8, 4) is 0 Å². The standard InChI is InChI=1S/2C4H6O3P.W/c2*1-8-4(6)7-3-2-5;/h2*8H,3H2,1H3;/q2*-1;+2. The smallest absolute Gasteiger partial charge is 0.539 e. The minimum absolute atomic E-state index is 0. The Kier molecular flexibility index (Phi) is 23.6. The fourth-order valence-electron chi connectivity index (χ4n) is 0.334. The van der Waals surface area contributed by atoms with Gasteiger partial charge < -0.3 is 19.1 Å². The van der Waals surface area contributed by atoms with Crippen LogP contribution in [0.25, 0.3) is 0 Å². The molecule has 0 amide bonds. The fourth-order valence-corrected chi connectivity index (χ4v) is 0.767. The van der Waals surface area contributed by atoms with E-state index in [4.69, 9.17) is 0 Å². The maximum atomic E-state index is 10.2. The van der Waals surface area contributed by atoms with Gasteiger partial charge >= 0.3 is 32.5 Å². The second-order valence-electron chi connectivity index (χ2n) is 1.94. The first kappa shape index (κ1) is 22.0. The van der Waals surface area contributed by atoms with Crippen LogP contribution >= 0.6 is 17.2 Å². The van der Waals surface area contributed by atoms with Crippen molar-refractivity contribution >= 4 is 41.2 Å². The number of hydrogen-bond donors (Lipinski definition) is 0. The summed E-state index contributed by atoms with van der Waals surface area (Å²) in [5, 5.41) is 0. The van der Waals surface area contributed by atoms with Crippen LogP contribution in [-0.4, -0.2) is 50.5 Å². The van der Waals surface area contributed by atoms with Gasteiger partial charge in [-0.1, -0.05) is 0 Å². The molecule has 0 aromatic heterocycles. The monoisotopic (exact) mass is 450 g/mol. The summed E-state index contributed by atoms with van der Waals surface area (Å²) >= 11 is 0. The summed E-state index contributed by atoms with van der Waals surface area (Å²) in [6.07, 6.45) is 2.89. The van der Waals surface area contributed by atoms with Crippen LogP contribution in [0.5, 0.6) is 0 Å². The van der Waals surface area contributed by atoms with Crippen LogP contribution in [0.1, 0.15) is 0 Å². The molecule has 0 aromatic rings. The average Bonchev–Trinajstić information content (AvgIpc) is 2.33. The molecule has 0 bridgehead atoms. The van der Waals surface area contributed by atoms with Gasteiger partial charge in [-0.15, -0.1) is 0 Å². The third kappa shape index (κ3) is 21.6. The van der Waals surface area contributed by atoms with Crippen LogP contribution < -0.4 is 0 Å². The predicted octanol–water partition coefficient (Wildman–Crippen LogP) is 1.08. The van der Waals surface area contributed by atoms with Gasteiger partial charge in [0.05, 0.1) is 0 Å². The zero-order chi connectivity index (χ0) is 12.8. The SMILES string of the molecule is CPC(=O)OC[C-]=O.CPC(=O)OC[C-]=O.[W+2]. The van der Waals surface area contributed by atoms with Gasteiger partial charge in [0, 0.05) is 0 Å². The summed E-state index contributed by atoms with van der Waals surface area (Å²) in [6, 6.07) is 0. The van der Waals surface area contributed by atoms with Gasteiger partial charge in [0.1, 0.15) is 0 Å². The molecular weight excluding hydrogens is 438 g/mol. The van der Waals surface area contributed by atoms with E-state index in [0.717, 1.165) is 0 Å². The molecule has 0 N–H and O–H groups in total. The van der Waals surface area contributed by atoms with E-state index in [2.05, 4.69) is 9.47 Å². The van der Waals surface area contributed by atoms with Crippen LogP contribution in [0.3, 0.4) is 0 Å². The molecule has 0 saturated heterocycles. The topological polar surface area (TPSA) is 86.7 Å². The van der Waals surface area contributed by atoms with Crippen LogP contribution in [0, 0.1) is 0 Å². The summed E-state index contributed by atoms with van der Waals surface area (Å²) in [5.74, 6) is 0. The Morgan fingerprint density at radius 2 is 1.24 bits per heavy atom. The maximum Gasteiger partial charge on any atom is 2.00 e. The largest absolute Gasteiger partial charge is 2.00 e. The van der Waals surface area contributed by atoms with E-state index >= 15 is 0 Å². The molecular formula is C8H12O6P2W. The summed E-state index contributed by atoms with van der Waals surface area (Å²) < 4.78 is 8.58. The van der Waals surface area contributed by atoms with E-state index in [0.29, 0.717) is 0 Å². The molecule has 6 nitrogen and oxygen atoms in total. The first-order chi connectivity index (χ1) is 7.62. The summed E-state index contributed by atoms with van der Waals surface area (Å²) in [5.41, 5.74) is -0.679. The minimum atomic E-state index is -0.339. The molecule has 0 aliphatic heterocycles. The van der Waals surface area contributed by atoms with Crippen molar-refractivity contribution in [1.82, 2.24) is 0 Å². The van der Waals surface area contributed by atoms with Crippen molar-refractivity contribution in [2.45, 2.75) is 0 Å². The molecule has 0 heterocycles. The first-order valence-electron chi connectivity index (χ1n) is 4.01. The Morgan fingerprint density at radius 3 is 1.41 bits per heavy atom. The van der Waals surface area contributed by atoms with Crippen molar-refractivity contribution in [1.29, 1.82) is 0 Å². The average molecular weight is 450 g/mol. The van der Waals surface area contributed by atoms with Crippen molar-refractivity contribution in [2.24, 2.45) is 0 Å². The van der Waals surface area contributed by atoms with Gasteiger partial charge in [0.2, 0.25) is 0 Å². The normalized spacial score (nSPS) is 9.06. The molecule has 0 aromatic carbocycles. The van der Waals surface area contributed by atoms with Gasteiger partial charge in [-0.2, -0.15) is 0 Å². The zero-order valence-electron chi connectivity index (χ0n) is 9.27. The molecule has 17 heavy (non-hydrogen) atoms. The van der Waals surface area contributed by atoms with Crippen LogP contribution in [0.15, 0.2) is 0 Å². The van der Waals surface area contributed by atoms with E-state index in [-0.39, 0.29) is 62.9 Å². The van der Waals surface area contributed by atoms with E-state index in [1.165, 1.54) is 12.6 Å². The Hall–Kier alpha value is -0.172. The number of ether oxygens (including phenoxy) is 2. The molecule has 0 spiro atoms. The minimum Gasteiger partial charge on any atom is -0.539 e. The Labute approximate surface area is 117 Å². The summed E-state index contributed by atoms with van der Waals surface area (Å²) in [6.45, 7) is 2.90. The molecule has 9 heteroatoms. The molecule has 2 atom stereocenters. The van der Waals surface area contributed by atoms with Gasteiger partial charge in [0.15, 0.2) is 0 Å². The molecule has 0 saturated carbocycles. The zero-order valence-corrected chi connectivity index (χ0v) is 14.2. The van der Waals surface area contributed by atoms with E-state index in [1.807, 2.05) is 0 Å². The van der Waals surface area contributed by atoms with Crippen LogP contribution in [0.4, 0.5) is 9.59 Å². The van der Waals surface area contributed by atoms with Crippen molar-refractivity contribution in [3.05, 3.63) is 0 Å². The second kappa shape index (κ2) is 18.2. The van der Waals surface area contributed by atoms with E-state index in [1.54, 1.807) is 13.3 Å². The number of carbonyl (C=O) groups excluding carboxylic acids is 4. The third-order valence-electron chi connectivity index (χ3n) is 0.933.